The van der Waals surface area contributed by atoms with E-state index in [4.69, 9.17) is 16.3 Å². The Morgan fingerprint density at radius 1 is 0.969 bits per heavy atom. The molecule has 0 aliphatic carbocycles. The molecule has 170 valence electrons. The van der Waals surface area contributed by atoms with Crippen LogP contribution in [0.25, 0.3) is 0 Å². The predicted molar refractivity (Wildman–Crippen MR) is 110 cm³/mol. The summed E-state index contributed by atoms with van der Waals surface area (Å²) in [7, 11) is 0. The number of halogens is 4. The molecule has 0 spiro atoms. The van der Waals surface area contributed by atoms with Gasteiger partial charge in [-0.25, -0.2) is 0 Å². The number of anilines is 2. The highest BCUT2D eigenvalue weighted by Gasteiger charge is 2.31. The number of rotatable bonds is 8. The number of alkyl halides is 3. The first kappa shape index (κ1) is 24.9. The van der Waals surface area contributed by atoms with Gasteiger partial charge < -0.3 is 15.4 Å². The average Bonchev–Trinajstić information content (AvgIpc) is 2.71. The van der Waals surface area contributed by atoms with Crippen molar-refractivity contribution >= 4 is 46.5 Å². The quantitative estimate of drug-likeness (QED) is 0.438. The molecule has 0 heterocycles. The van der Waals surface area contributed by atoms with Crippen molar-refractivity contribution in [1.29, 1.82) is 0 Å². The standard InChI is InChI=1S/C21H18ClF3N2O5/c1-12(28)13-3-2-4-15(9-13)26-19(30)11-32-20(31)8-7-18(29)27-17-10-14(21(23,24)25)5-6-16(17)22/h2-6,9-10H,7-8,11H2,1H3,(H,26,30)(H,27,29). The Balaban J connectivity index is 1.79. The highest BCUT2D eigenvalue weighted by Crippen LogP contribution is 2.33. The number of ketones is 1. The second-order valence-electron chi connectivity index (χ2n) is 6.59. The first-order chi connectivity index (χ1) is 15.0. The maximum atomic E-state index is 12.8. The van der Waals surface area contributed by atoms with Crippen LogP contribution in [0.3, 0.4) is 0 Å². The van der Waals surface area contributed by atoms with Gasteiger partial charge in [0.1, 0.15) is 0 Å². The number of benzene rings is 2. The van der Waals surface area contributed by atoms with Crippen LogP contribution in [-0.4, -0.2) is 30.2 Å². The van der Waals surface area contributed by atoms with Crippen LogP contribution >= 0.6 is 11.6 Å². The highest BCUT2D eigenvalue weighted by molar-refractivity contribution is 6.33. The number of carbonyl (C=O) groups excluding carboxylic acids is 4. The third-order valence-electron chi connectivity index (χ3n) is 4.04. The molecule has 0 saturated carbocycles. The van der Waals surface area contributed by atoms with Crippen molar-refractivity contribution in [2.45, 2.75) is 25.9 Å². The fourth-order valence-electron chi connectivity index (χ4n) is 2.46. The molecule has 0 unspecified atom stereocenters. The fraction of sp³-hybridized carbons (Fsp3) is 0.238. The summed E-state index contributed by atoms with van der Waals surface area (Å²) in [4.78, 5) is 46.9. The molecule has 0 bridgehead atoms. The summed E-state index contributed by atoms with van der Waals surface area (Å²) in [5.41, 5.74) is -0.494. The lowest BCUT2D eigenvalue weighted by atomic mass is 10.1. The van der Waals surface area contributed by atoms with Crippen molar-refractivity contribution in [3.63, 3.8) is 0 Å². The zero-order chi connectivity index (χ0) is 23.9. The molecule has 7 nitrogen and oxygen atoms in total. The number of hydrogen-bond acceptors (Lipinski definition) is 5. The zero-order valence-corrected chi connectivity index (χ0v) is 17.5. The van der Waals surface area contributed by atoms with E-state index in [1.165, 1.54) is 13.0 Å². The molecule has 0 aliphatic rings. The summed E-state index contributed by atoms with van der Waals surface area (Å²) in [5.74, 6) is -2.45. The van der Waals surface area contributed by atoms with Crippen LogP contribution in [0.15, 0.2) is 42.5 Å². The molecular formula is C21H18ClF3N2O5. The molecule has 2 N–H and O–H groups in total. The first-order valence-electron chi connectivity index (χ1n) is 9.19. The summed E-state index contributed by atoms with van der Waals surface area (Å²) in [6.07, 6.45) is -5.41. The number of ether oxygens (including phenoxy) is 1. The van der Waals surface area contributed by atoms with Crippen molar-refractivity contribution in [3.05, 3.63) is 58.6 Å². The Morgan fingerprint density at radius 2 is 1.69 bits per heavy atom. The highest BCUT2D eigenvalue weighted by atomic mass is 35.5. The van der Waals surface area contributed by atoms with Crippen LogP contribution in [-0.2, 0) is 25.3 Å². The molecule has 11 heteroatoms. The maximum Gasteiger partial charge on any atom is 0.416 e. The second-order valence-corrected chi connectivity index (χ2v) is 6.99. The van der Waals surface area contributed by atoms with Crippen molar-refractivity contribution in [2.24, 2.45) is 0 Å². The molecule has 2 amide bonds. The Labute approximate surface area is 185 Å². The van der Waals surface area contributed by atoms with Crippen molar-refractivity contribution in [3.8, 4) is 0 Å². The Morgan fingerprint density at radius 3 is 2.34 bits per heavy atom. The summed E-state index contributed by atoms with van der Waals surface area (Å²) < 4.78 is 43.1. The van der Waals surface area contributed by atoms with Gasteiger partial charge in [-0.2, -0.15) is 13.2 Å². The van der Waals surface area contributed by atoms with Gasteiger partial charge in [0, 0.05) is 17.7 Å². The van der Waals surface area contributed by atoms with Crippen molar-refractivity contribution in [2.75, 3.05) is 17.2 Å². The minimum absolute atomic E-state index is 0.0977. The first-order valence-corrected chi connectivity index (χ1v) is 9.56. The van der Waals surface area contributed by atoms with E-state index in [9.17, 15) is 32.3 Å². The molecule has 0 aliphatic heterocycles. The van der Waals surface area contributed by atoms with Crippen molar-refractivity contribution < 1.29 is 37.1 Å². The summed E-state index contributed by atoms with van der Waals surface area (Å²) in [5, 5.41) is 4.57. The van der Waals surface area contributed by atoms with Gasteiger partial charge in [-0.05, 0) is 37.3 Å². The van der Waals surface area contributed by atoms with Crippen molar-refractivity contribution in [1.82, 2.24) is 0 Å². The topological polar surface area (TPSA) is 102 Å². The third-order valence-corrected chi connectivity index (χ3v) is 4.37. The normalized spacial score (nSPS) is 10.9. The van der Waals surface area contributed by atoms with E-state index < -0.39 is 49.0 Å². The molecule has 2 aromatic carbocycles. The minimum Gasteiger partial charge on any atom is -0.456 e. The molecular weight excluding hydrogens is 453 g/mol. The van der Waals surface area contributed by atoms with Gasteiger partial charge in [0.25, 0.3) is 5.91 Å². The number of amides is 2. The number of Topliss-reactive ketones (excluding diaryl/α,β-unsaturated/α-hetero) is 1. The van der Waals surface area contributed by atoms with E-state index in [2.05, 4.69) is 10.6 Å². The Hall–Kier alpha value is -3.40. The largest absolute Gasteiger partial charge is 0.456 e. The average molecular weight is 471 g/mol. The van der Waals surface area contributed by atoms with Crippen LogP contribution < -0.4 is 10.6 Å². The predicted octanol–water partition coefficient (Wildman–Crippen LogP) is 4.46. The lowest BCUT2D eigenvalue weighted by molar-refractivity contribution is -0.147. The van der Waals surface area contributed by atoms with E-state index >= 15 is 0 Å². The Kier molecular flexibility index (Phi) is 8.36. The molecule has 0 fully saturated rings. The van der Waals surface area contributed by atoms with Gasteiger partial charge in [-0.15, -0.1) is 0 Å². The lowest BCUT2D eigenvalue weighted by Gasteiger charge is -2.11. The van der Waals surface area contributed by atoms with E-state index in [0.717, 1.165) is 12.1 Å². The molecule has 32 heavy (non-hydrogen) atoms. The van der Waals surface area contributed by atoms with Crippen LogP contribution in [0, 0.1) is 0 Å². The van der Waals surface area contributed by atoms with Gasteiger partial charge in [-0.3, -0.25) is 19.2 Å². The summed E-state index contributed by atoms with van der Waals surface area (Å²) >= 11 is 5.79. The molecule has 0 saturated heterocycles. The SMILES string of the molecule is CC(=O)c1cccc(NC(=O)COC(=O)CCC(=O)Nc2cc(C(F)(F)F)ccc2Cl)c1. The number of esters is 1. The molecule has 2 rings (SSSR count). The van der Waals surface area contributed by atoms with Gasteiger partial charge in [0.2, 0.25) is 5.91 Å². The van der Waals surface area contributed by atoms with Crippen LogP contribution in [0.4, 0.5) is 24.5 Å². The third kappa shape index (κ3) is 7.69. The Bertz CT molecular complexity index is 1040. The number of hydrogen-bond donors (Lipinski definition) is 2. The van der Waals surface area contributed by atoms with E-state index in [0.29, 0.717) is 17.3 Å². The summed E-state index contributed by atoms with van der Waals surface area (Å²) in [6, 6.07) is 8.63. The van der Waals surface area contributed by atoms with Crippen LogP contribution in [0.1, 0.15) is 35.7 Å². The van der Waals surface area contributed by atoms with E-state index in [1.807, 2.05) is 0 Å². The molecule has 0 radical (unpaired) electrons. The summed E-state index contributed by atoms with van der Waals surface area (Å²) in [6.45, 7) is 0.754. The number of carbonyl (C=O) groups is 4. The van der Waals surface area contributed by atoms with Gasteiger partial charge >= 0.3 is 12.1 Å². The lowest BCUT2D eigenvalue weighted by Crippen LogP contribution is -2.22. The number of nitrogens with one attached hydrogen (secondary N) is 2. The van der Waals surface area contributed by atoms with Gasteiger partial charge in [0.05, 0.1) is 22.7 Å². The zero-order valence-electron chi connectivity index (χ0n) is 16.7. The molecule has 2 aromatic rings. The monoisotopic (exact) mass is 470 g/mol. The van der Waals surface area contributed by atoms with E-state index in [1.54, 1.807) is 18.2 Å². The minimum atomic E-state index is -4.61. The van der Waals surface area contributed by atoms with Gasteiger partial charge in [0.15, 0.2) is 12.4 Å². The molecule has 0 atom stereocenters. The van der Waals surface area contributed by atoms with E-state index in [-0.39, 0.29) is 16.5 Å². The van der Waals surface area contributed by atoms with Gasteiger partial charge in [-0.1, -0.05) is 23.7 Å². The van der Waals surface area contributed by atoms with Crippen LogP contribution in [0.2, 0.25) is 5.02 Å². The second kappa shape index (κ2) is 10.8. The maximum absolute atomic E-state index is 12.8. The van der Waals surface area contributed by atoms with Crippen LogP contribution in [0.5, 0.6) is 0 Å². The molecule has 0 aromatic heterocycles. The fourth-order valence-corrected chi connectivity index (χ4v) is 2.62. The smallest absolute Gasteiger partial charge is 0.416 e.